The molecule has 1 aromatic carbocycles. The Morgan fingerprint density at radius 2 is 2.06 bits per heavy atom. The van der Waals surface area contributed by atoms with Crippen LogP contribution < -0.4 is 10.6 Å². The van der Waals surface area contributed by atoms with Gasteiger partial charge in [0.1, 0.15) is 0 Å². The van der Waals surface area contributed by atoms with Crippen LogP contribution in [0.1, 0.15) is 5.69 Å². The van der Waals surface area contributed by atoms with Crippen molar-refractivity contribution in [1.29, 1.82) is 0 Å². The van der Waals surface area contributed by atoms with Crippen LogP contribution in [-0.4, -0.2) is 29.9 Å². The van der Waals surface area contributed by atoms with Crippen LogP contribution in [0.5, 0.6) is 0 Å². The normalized spacial score (nSPS) is 11.1. The van der Waals surface area contributed by atoms with Crippen LogP contribution in [0.3, 0.4) is 0 Å². The molecule has 0 radical (unpaired) electrons. The van der Waals surface area contributed by atoms with E-state index in [1.54, 1.807) is 0 Å². The molecule has 2 aromatic rings. The van der Waals surface area contributed by atoms with Crippen LogP contribution in [-0.2, 0) is 13.6 Å². The molecule has 0 aliphatic heterocycles. The zero-order valence-electron chi connectivity index (χ0n) is 9.83. The van der Waals surface area contributed by atoms with Gasteiger partial charge in [-0.05, 0) is 13.1 Å². The van der Waals surface area contributed by atoms with E-state index in [0.29, 0.717) is 0 Å². The summed E-state index contributed by atoms with van der Waals surface area (Å²) in [5, 5.41) is 12.2. The first-order valence-corrected chi connectivity index (χ1v) is 5.59. The quantitative estimate of drug-likeness (QED) is 0.732. The van der Waals surface area contributed by atoms with Crippen LogP contribution in [0.15, 0.2) is 24.3 Å². The van der Waals surface area contributed by atoms with Gasteiger partial charge in [0.15, 0.2) is 0 Å². The van der Waals surface area contributed by atoms with E-state index in [1.807, 2.05) is 24.8 Å². The van der Waals surface area contributed by atoms with Crippen molar-refractivity contribution in [2.24, 2.45) is 7.05 Å². The summed E-state index contributed by atoms with van der Waals surface area (Å²) in [7, 11) is 3.94. The molecule has 0 aliphatic rings. The lowest BCUT2D eigenvalue weighted by Gasteiger charge is -2.01. The van der Waals surface area contributed by atoms with Crippen molar-refractivity contribution >= 4 is 10.9 Å². The highest BCUT2D eigenvalue weighted by molar-refractivity contribution is 5.81. The molecule has 0 saturated carbocycles. The van der Waals surface area contributed by atoms with E-state index in [1.165, 1.54) is 10.9 Å². The largest absolute Gasteiger partial charge is 0.318 e. The molecule has 4 heteroatoms. The Morgan fingerprint density at radius 3 is 2.88 bits per heavy atom. The lowest BCUT2D eigenvalue weighted by Crippen LogP contribution is -2.24. The predicted octanol–water partition coefficient (Wildman–Crippen LogP) is 0.882. The monoisotopic (exact) mass is 218 g/mol. The van der Waals surface area contributed by atoms with Crippen LogP contribution in [0.4, 0.5) is 0 Å². The number of rotatable bonds is 5. The zero-order valence-corrected chi connectivity index (χ0v) is 9.83. The molecule has 0 spiro atoms. The molecule has 86 valence electrons. The maximum Gasteiger partial charge on any atom is 0.0841 e. The van der Waals surface area contributed by atoms with Gasteiger partial charge in [-0.25, -0.2) is 0 Å². The number of aryl methyl sites for hydroxylation is 1. The SMILES string of the molecule is CNCCNCc1nn(C)c2ccccc12. The third kappa shape index (κ3) is 2.23. The fraction of sp³-hybridized carbons (Fsp3) is 0.417. The summed E-state index contributed by atoms with van der Waals surface area (Å²) in [6.45, 7) is 2.76. The molecule has 2 rings (SSSR count). The van der Waals surface area contributed by atoms with Gasteiger partial charge >= 0.3 is 0 Å². The number of benzene rings is 1. The summed E-state index contributed by atoms with van der Waals surface area (Å²) < 4.78 is 1.93. The summed E-state index contributed by atoms with van der Waals surface area (Å²) >= 11 is 0. The molecule has 4 nitrogen and oxygen atoms in total. The minimum absolute atomic E-state index is 0.822. The first kappa shape index (κ1) is 11.1. The van der Waals surface area contributed by atoms with E-state index in [9.17, 15) is 0 Å². The number of nitrogens with zero attached hydrogens (tertiary/aromatic N) is 2. The number of nitrogens with one attached hydrogen (secondary N) is 2. The lowest BCUT2D eigenvalue weighted by atomic mass is 10.2. The van der Waals surface area contributed by atoms with Gasteiger partial charge in [0, 0.05) is 32.1 Å². The molecular weight excluding hydrogens is 200 g/mol. The highest BCUT2D eigenvalue weighted by Crippen LogP contribution is 2.16. The summed E-state index contributed by atoms with van der Waals surface area (Å²) in [6, 6.07) is 8.32. The van der Waals surface area contributed by atoms with Gasteiger partial charge < -0.3 is 10.6 Å². The van der Waals surface area contributed by atoms with Crippen molar-refractivity contribution in [1.82, 2.24) is 20.4 Å². The van der Waals surface area contributed by atoms with E-state index >= 15 is 0 Å². The topological polar surface area (TPSA) is 41.9 Å². The van der Waals surface area contributed by atoms with Crippen molar-refractivity contribution in [3.8, 4) is 0 Å². The number of hydrogen-bond donors (Lipinski definition) is 2. The molecular formula is C12H18N4. The van der Waals surface area contributed by atoms with Gasteiger partial charge in [0.2, 0.25) is 0 Å². The molecule has 0 fully saturated rings. The minimum Gasteiger partial charge on any atom is -0.318 e. The van der Waals surface area contributed by atoms with Crippen molar-refractivity contribution in [3.63, 3.8) is 0 Å². The van der Waals surface area contributed by atoms with E-state index in [2.05, 4.69) is 33.9 Å². The van der Waals surface area contributed by atoms with Crippen LogP contribution >= 0.6 is 0 Å². The number of hydrogen-bond acceptors (Lipinski definition) is 3. The molecule has 1 aromatic heterocycles. The van der Waals surface area contributed by atoms with Gasteiger partial charge in [0.05, 0.1) is 11.2 Å². The first-order chi connectivity index (χ1) is 7.83. The Morgan fingerprint density at radius 1 is 1.25 bits per heavy atom. The number of fused-ring (bicyclic) bond motifs is 1. The predicted molar refractivity (Wildman–Crippen MR) is 66.3 cm³/mol. The Kier molecular flexibility index (Phi) is 3.54. The van der Waals surface area contributed by atoms with E-state index in [-0.39, 0.29) is 0 Å². The number of aromatic nitrogens is 2. The molecule has 2 N–H and O–H groups in total. The second kappa shape index (κ2) is 5.09. The molecule has 0 bridgehead atoms. The van der Waals surface area contributed by atoms with Crippen molar-refractivity contribution in [2.45, 2.75) is 6.54 Å². The maximum absolute atomic E-state index is 4.52. The standard InChI is InChI=1S/C12H18N4/c1-13-7-8-14-9-11-10-5-3-4-6-12(10)16(2)15-11/h3-6,13-14H,7-9H2,1-2H3. The van der Waals surface area contributed by atoms with Gasteiger partial charge in [-0.2, -0.15) is 5.10 Å². The summed E-state index contributed by atoms with van der Waals surface area (Å²) in [6.07, 6.45) is 0. The smallest absolute Gasteiger partial charge is 0.0841 e. The lowest BCUT2D eigenvalue weighted by molar-refractivity contribution is 0.634. The molecule has 16 heavy (non-hydrogen) atoms. The molecule has 0 saturated heterocycles. The van der Waals surface area contributed by atoms with Gasteiger partial charge in [0.25, 0.3) is 0 Å². The van der Waals surface area contributed by atoms with Crippen LogP contribution in [0.2, 0.25) is 0 Å². The first-order valence-electron chi connectivity index (χ1n) is 5.59. The van der Waals surface area contributed by atoms with Crippen LogP contribution in [0.25, 0.3) is 10.9 Å². The Balaban J connectivity index is 2.12. The minimum atomic E-state index is 0.822. The molecule has 0 atom stereocenters. The Hall–Kier alpha value is -1.39. The van der Waals surface area contributed by atoms with E-state index in [4.69, 9.17) is 0 Å². The van der Waals surface area contributed by atoms with Crippen molar-refractivity contribution < 1.29 is 0 Å². The van der Waals surface area contributed by atoms with E-state index in [0.717, 1.165) is 25.3 Å². The zero-order chi connectivity index (χ0) is 11.4. The Labute approximate surface area is 95.6 Å². The third-order valence-corrected chi connectivity index (χ3v) is 2.68. The number of para-hydroxylation sites is 1. The molecule has 1 heterocycles. The molecule has 0 aliphatic carbocycles. The second-order valence-corrected chi connectivity index (χ2v) is 3.87. The summed E-state index contributed by atoms with van der Waals surface area (Å²) in [5.74, 6) is 0. The highest BCUT2D eigenvalue weighted by Gasteiger charge is 2.06. The van der Waals surface area contributed by atoms with Crippen molar-refractivity contribution in [2.75, 3.05) is 20.1 Å². The Bertz CT molecular complexity index is 461. The molecule has 0 unspecified atom stereocenters. The average molecular weight is 218 g/mol. The van der Waals surface area contributed by atoms with Crippen molar-refractivity contribution in [3.05, 3.63) is 30.0 Å². The fourth-order valence-electron chi connectivity index (χ4n) is 1.84. The fourth-order valence-corrected chi connectivity index (χ4v) is 1.84. The number of likely N-dealkylation sites (N-methyl/N-ethyl adjacent to an activating group) is 1. The maximum atomic E-state index is 4.52. The highest BCUT2D eigenvalue weighted by atomic mass is 15.3. The summed E-state index contributed by atoms with van der Waals surface area (Å²) in [4.78, 5) is 0. The average Bonchev–Trinajstić information content (AvgIpc) is 2.63. The molecule has 0 amide bonds. The second-order valence-electron chi connectivity index (χ2n) is 3.87. The van der Waals surface area contributed by atoms with Crippen LogP contribution in [0, 0.1) is 0 Å². The van der Waals surface area contributed by atoms with Gasteiger partial charge in [-0.15, -0.1) is 0 Å². The van der Waals surface area contributed by atoms with Gasteiger partial charge in [-0.3, -0.25) is 4.68 Å². The third-order valence-electron chi connectivity index (χ3n) is 2.68. The van der Waals surface area contributed by atoms with E-state index < -0.39 is 0 Å². The van der Waals surface area contributed by atoms with Gasteiger partial charge in [-0.1, -0.05) is 18.2 Å². The summed E-state index contributed by atoms with van der Waals surface area (Å²) in [5.41, 5.74) is 2.31.